The van der Waals surface area contributed by atoms with Crippen molar-refractivity contribution in [2.75, 3.05) is 5.32 Å². The average molecular weight is 401 g/mol. The van der Waals surface area contributed by atoms with Crippen LogP contribution in [0, 0.1) is 0 Å². The molecule has 4 rings (SSSR count). The number of nitrogens with zero attached hydrogens (tertiary/aromatic N) is 2. The Kier molecular flexibility index (Phi) is 5.64. The molecule has 1 aliphatic rings. The Morgan fingerprint density at radius 3 is 2.78 bits per heavy atom. The van der Waals surface area contributed by atoms with E-state index in [-0.39, 0.29) is 0 Å². The minimum Gasteiger partial charge on any atom is -0.490 e. The van der Waals surface area contributed by atoms with Gasteiger partial charge in [0.05, 0.1) is 17.5 Å². The smallest absolute Gasteiger partial charge is 0.246 e. The SMILES string of the molecule is S=C(NCc1nc(-c2cccs2)no1)Nc1ccc(OC2CCCC2)cc1. The molecule has 2 aromatic heterocycles. The van der Waals surface area contributed by atoms with Gasteiger partial charge < -0.3 is 19.9 Å². The number of thiocarbonyl (C=S) groups is 1. The maximum absolute atomic E-state index is 5.97. The van der Waals surface area contributed by atoms with Gasteiger partial charge in [0.1, 0.15) is 5.75 Å². The summed E-state index contributed by atoms with van der Waals surface area (Å²) in [5.74, 6) is 1.99. The van der Waals surface area contributed by atoms with Gasteiger partial charge in [-0.25, -0.2) is 0 Å². The highest BCUT2D eigenvalue weighted by molar-refractivity contribution is 7.80. The largest absolute Gasteiger partial charge is 0.490 e. The first-order chi connectivity index (χ1) is 13.3. The van der Waals surface area contributed by atoms with E-state index in [2.05, 4.69) is 20.8 Å². The predicted molar refractivity (Wildman–Crippen MR) is 110 cm³/mol. The molecule has 1 aromatic carbocycles. The van der Waals surface area contributed by atoms with Crippen molar-refractivity contribution in [3.05, 3.63) is 47.7 Å². The summed E-state index contributed by atoms with van der Waals surface area (Å²) in [7, 11) is 0. The molecule has 140 valence electrons. The fourth-order valence-electron chi connectivity index (χ4n) is 2.98. The third-order valence-electron chi connectivity index (χ3n) is 4.33. The third kappa shape index (κ3) is 4.84. The molecule has 2 N–H and O–H groups in total. The molecule has 0 unspecified atom stereocenters. The first kappa shape index (κ1) is 17.9. The normalized spacial score (nSPS) is 14.2. The van der Waals surface area contributed by atoms with E-state index >= 15 is 0 Å². The Morgan fingerprint density at radius 1 is 1.22 bits per heavy atom. The minimum atomic E-state index is 0.361. The number of benzene rings is 1. The van der Waals surface area contributed by atoms with E-state index in [0.29, 0.717) is 29.5 Å². The molecule has 0 amide bonds. The molecule has 27 heavy (non-hydrogen) atoms. The number of ether oxygens (including phenoxy) is 1. The highest BCUT2D eigenvalue weighted by Crippen LogP contribution is 2.25. The third-order valence-corrected chi connectivity index (χ3v) is 5.44. The first-order valence-corrected chi connectivity index (χ1v) is 10.2. The molecule has 1 saturated carbocycles. The summed E-state index contributed by atoms with van der Waals surface area (Å²) in [6.45, 7) is 0.368. The fourth-order valence-corrected chi connectivity index (χ4v) is 3.82. The van der Waals surface area contributed by atoms with Crippen LogP contribution in [0.4, 0.5) is 5.69 Å². The van der Waals surface area contributed by atoms with Gasteiger partial charge in [0, 0.05) is 5.69 Å². The Hall–Kier alpha value is -2.45. The van der Waals surface area contributed by atoms with Crippen LogP contribution < -0.4 is 15.4 Å². The van der Waals surface area contributed by atoms with Crippen molar-refractivity contribution in [1.82, 2.24) is 15.5 Å². The standard InChI is InChI=1S/C19H20N4O2S2/c26-19(20-12-17-22-18(23-25-17)16-6-3-11-27-16)21-13-7-9-15(10-8-13)24-14-4-1-2-5-14/h3,6-11,14H,1-2,4-5,12H2,(H2,20,21,26). The van der Waals surface area contributed by atoms with Crippen molar-refractivity contribution >= 4 is 34.4 Å². The number of hydrogen-bond donors (Lipinski definition) is 2. The molecule has 0 saturated heterocycles. The zero-order chi connectivity index (χ0) is 18.5. The van der Waals surface area contributed by atoms with Gasteiger partial charge in [-0.15, -0.1) is 11.3 Å². The van der Waals surface area contributed by atoms with Crippen LogP contribution in [0.2, 0.25) is 0 Å². The van der Waals surface area contributed by atoms with Crippen LogP contribution in [0.25, 0.3) is 10.7 Å². The van der Waals surface area contributed by atoms with E-state index in [9.17, 15) is 0 Å². The molecule has 3 aromatic rings. The summed E-state index contributed by atoms with van der Waals surface area (Å²) in [5, 5.41) is 12.7. The van der Waals surface area contributed by atoms with Crippen LogP contribution in [-0.2, 0) is 6.54 Å². The Bertz CT molecular complexity index is 872. The maximum Gasteiger partial charge on any atom is 0.246 e. The predicted octanol–water partition coefficient (Wildman–Crippen LogP) is 4.61. The lowest BCUT2D eigenvalue weighted by Crippen LogP contribution is -2.28. The van der Waals surface area contributed by atoms with Gasteiger partial charge in [-0.3, -0.25) is 0 Å². The fraction of sp³-hybridized carbons (Fsp3) is 0.316. The van der Waals surface area contributed by atoms with Crippen LogP contribution >= 0.6 is 23.6 Å². The van der Waals surface area contributed by atoms with Crippen LogP contribution in [0.15, 0.2) is 46.3 Å². The summed E-state index contributed by atoms with van der Waals surface area (Å²) in [6, 6.07) is 11.8. The van der Waals surface area contributed by atoms with Crippen molar-refractivity contribution < 1.29 is 9.26 Å². The van der Waals surface area contributed by atoms with Crippen LogP contribution in [-0.4, -0.2) is 21.4 Å². The van der Waals surface area contributed by atoms with Gasteiger partial charge in [0.2, 0.25) is 11.7 Å². The second-order valence-electron chi connectivity index (χ2n) is 6.35. The summed E-state index contributed by atoms with van der Waals surface area (Å²) in [5.41, 5.74) is 0.899. The van der Waals surface area contributed by atoms with E-state index in [1.807, 2.05) is 41.8 Å². The maximum atomic E-state index is 5.97. The number of thiophene rings is 1. The average Bonchev–Trinajstić information content (AvgIpc) is 3.44. The molecular weight excluding hydrogens is 380 g/mol. The molecule has 0 bridgehead atoms. The lowest BCUT2D eigenvalue weighted by molar-refractivity contribution is 0.210. The topological polar surface area (TPSA) is 72.2 Å². The lowest BCUT2D eigenvalue weighted by Gasteiger charge is -2.14. The van der Waals surface area contributed by atoms with Gasteiger partial charge in [-0.2, -0.15) is 4.98 Å². The zero-order valence-electron chi connectivity index (χ0n) is 14.7. The number of rotatable bonds is 6. The molecule has 0 aliphatic heterocycles. The number of anilines is 1. The Balaban J connectivity index is 1.25. The first-order valence-electron chi connectivity index (χ1n) is 8.94. The van der Waals surface area contributed by atoms with Crippen LogP contribution in [0.5, 0.6) is 5.75 Å². The van der Waals surface area contributed by atoms with Gasteiger partial charge in [0.25, 0.3) is 0 Å². The quantitative estimate of drug-likeness (QED) is 0.586. The molecule has 0 atom stereocenters. The van der Waals surface area contributed by atoms with Crippen molar-refractivity contribution in [3.63, 3.8) is 0 Å². The molecule has 1 aliphatic carbocycles. The summed E-state index contributed by atoms with van der Waals surface area (Å²) in [6.07, 6.45) is 5.19. The molecule has 1 fully saturated rings. The molecule has 6 nitrogen and oxygen atoms in total. The van der Waals surface area contributed by atoms with Crippen molar-refractivity contribution in [2.24, 2.45) is 0 Å². The lowest BCUT2D eigenvalue weighted by atomic mass is 10.3. The van der Waals surface area contributed by atoms with Gasteiger partial charge in [-0.1, -0.05) is 11.2 Å². The summed E-state index contributed by atoms with van der Waals surface area (Å²) in [4.78, 5) is 5.34. The monoisotopic (exact) mass is 400 g/mol. The van der Waals surface area contributed by atoms with E-state index < -0.39 is 0 Å². The number of nitrogens with one attached hydrogen (secondary N) is 2. The van der Waals surface area contributed by atoms with Crippen molar-refractivity contribution in [3.8, 4) is 16.5 Å². The molecule has 2 heterocycles. The van der Waals surface area contributed by atoms with Crippen molar-refractivity contribution in [2.45, 2.75) is 38.3 Å². The summed E-state index contributed by atoms with van der Waals surface area (Å²) >= 11 is 6.90. The highest BCUT2D eigenvalue weighted by atomic mass is 32.1. The second kappa shape index (κ2) is 8.49. The van der Waals surface area contributed by atoms with Crippen molar-refractivity contribution in [1.29, 1.82) is 0 Å². The summed E-state index contributed by atoms with van der Waals surface area (Å²) < 4.78 is 11.2. The van der Waals surface area contributed by atoms with E-state index in [1.165, 1.54) is 12.8 Å². The number of aromatic nitrogens is 2. The second-order valence-corrected chi connectivity index (χ2v) is 7.70. The molecule has 0 radical (unpaired) electrons. The molecule has 0 spiro atoms. The Morgan fingerprint density at radius 2 is 2.04 bits per heavy atom. The number of hydrogen-bond acceptors (Lipinski definition) is 6. The van der Waals surface area contributed by atoms with E-state index in [4.69, 9.17) is 21.5 Å². The minimum absolute atomic E-state index is 0.361. The highest BCUT2D eigenvalue weighted by Gasteiger charge is 2.16. The van der Waals surface area contributed by atoms with Gasteiger partial charge in [-0.05, 0) is 73.6 Å². The van der Waals surface area contributed by atoms with Crippen LogP contribution in [0.3, 0.4) is 0 Å². The molecule has 8 heteroatoms. The molecular formula is C19H20N4O2S2. The zero-order valence-corrected chi connectivity index (χ0v) is 16.3. The van der Waals surface area contributed by atoms with Gasteiger partial charge >= 0.3 is 0 Å². The van der Waals surface area contributed by atoms with Gasteiger partial charge in [0.15, 0.2) is 5.11 Å². The Labute approximate surface area is 166 Å². The van der Waals surface area contributed by atoms with Crippen LogP contribution in [0.1, 0.15) is 31.6 Å². The van der Waals surface area contributed by atoms with E-state index in [0.717, 1.165) is 29.2 Å². The van der Waals surface area contributed by atoms with E-state index in [1.54, 1.807) is 11.3 Å².